The summed E-state index contributed by atoms with van der Waals surface area (Å²) in [4.78, 5) is 0.946. The second kappa shape index (κ2) is 3.84. The Kier molecular flexibility index (Phi) is 2.68. The third-order valence-corrected chi connectivity index (χ3v) is 3.71. The average molecular weight is 223 g/mol. The van der Waals surface area contributed by atoms with Crippen LogP contribution in [0.4, 0.5) is 4.39 Å². The Morgan fingerprint density at radius 3 is 2.73 bits per heavy atom. The fraction of sp³-hybridized carbons (Fsp3) is 0.364. The van der Waals surface area contributed by atoms with Gasteiger partial charge in [0.1, 0.15) is 5.82 Å². The maximum atomic E-state index is 12.9. The molecule has 4 heteroatoms. The molecule has 2 nitrogen and oxygen atoms in total. The monoisotopic (exact) mass is 223 g/mol. The minimum Gasteiger partial charge on any atom is -0.376 e. The topological polar surface area (TPSA) is 33.0 Å². The lowest BCUT2D eigenvalue weighted by Crippen LogP contribution is -2.45. The van der Waals surface area contributed by atoms with Gasteiger partial charge in [0.2, 0.25) is 0 Å². The molecular formula is C11H10FNOS. The number of ether oxygens (including phenoxy) is 1. The molecule has 0 aliphatic carbocycles. The molecule has 1 aliphatic heterocycles. The van der Waals surface area contributed by atoms with Gasteiger partial charge < -0.3 is 4.74 Å². The first-order valence-electron chi connectivity index (χ1n) is 4.59. The molecular weight excluding hydrogens is 213 g/mol. The van der Waals surface area contributed by atoms with Crippen LogP contribution in [0.5, 0.6) is 0 Å². The molecule has 0 aromatic heterocycles. The average Bonchev–Trinajstić information content (AvgIpc) is 2.14. The molecule has 2 rings (SSSR count). The highest BCUT2D eigenvalue weighted by Gasteiger charge is 2.40. The zero-order chi connectivity index (χ0) is 10.9. The van der Waals surface area contributed by atoms with Gasteiger partial charge in [-0.1, -0.05) is 11.8 Å². The minimum atomic E-state index is -0.470. The second-order valence-electron chi connectivity index (χ2n) is 3.61. The number of halogens is 1. The second-order valence-corrected chi connectivity index (χ2v) is 5.04. The van der Waals surface area contributed by atoms with E-state index in [1.54, 1.807) is 6.07 Å². The van der Waals surface area contributed by atoms with Crippen LogP contribution in [-0.4, -0.2) is 18.0 Å². The van der Waals surface area contributed by atoms with E-state index in [2.05, 4.69) is 6.07 Å². The number of rotatable bonds is 2. The van der Waals surface area contributed by atoms with Crippen molar-refractivity contribution in [2.75, 3.05) is 13.2 Å². The van der Waals surface area contributed by atoms with Crippen molar-refractivity contribution in [2.24, 2.45) is 0 Å². The van der Waals surface area contributed by atoms with Crippen LogP contribution in [0, 0.1) is 24.1 Å². The summed E-state index contributed by atoms with van der Waals surface area (Å²) < 4.78 is 17.4. The van der Waals surface area contributed by atoms with Crippen molar-refractivity contribution >= 4 is 11.8 Å². The van der Waals surface area contributed by atoms with Crippen LogP contribution in [0.3, 0.4) is 0 Å². The van der Waals surface area contributed by atoms with Crippen molar-refractivity contribution in [3.8, 4) is 6.07 Å². The van der Waals surface area contributed by atoms with Crippen molar-refractivity contribution in [3.05, 3.63) is 29.6 Å². The maximum absolute atomic E-state index is 12.9. The third kappa shape index (κ3) is 1.99. The summed E-state index contributed by atoms with van der Waals surface area (Å²) in [6, 6.07) is 6.86. The van der Waals surface area contributed by atoms with Crippen LogP contribution in [0.2, 0.25) is 0 Å². The minimum absolute atomic E-state index is 0.243. The summed E-state index contributed by atoms with van der Waals surface area (Å²) in [5.41, 5.74) is 0.863. The van der Waals surface area contributed by atoms with Gasteiger partial charge in [-0.2, -0.15) is 5.26 Å². The number of nitriles is 1. The van der Waals surface area contributed by atoms with Crippen molar-refractivity contribution in [1.29, 1.82) is 5.26 Å². The largest absolute Gasteiger partial charge is 0.376 e. The van der Waals surface area contributed by atoms with Crippen LogP contribution in [-0.2, 0) is 4.74 Å². The third-order valence-electron chi connectivity index (χ3n) is 2.32. The Labute approximate surface area is 92.0 Å². The van der Waals surface area contributed by atoms with Crippen LogP contribution in [0.1, 0.15) is 5.56 Å². The van der Waals surface area contributed by atoms with Gasteiger partial charge in [0.05, 0.1) is 19.3 Å². The Hall–Kier alpha value is -1.05. The maximum Gasteiger partial charge on any atom is 0.153 e. The van der Waals surface area contributed by atoms with E-state index in [4.69, 9.17) is 10.00 Å². The van der Waals surface area contributed by atoms with Gasteiger partial charge in [-0.15, -0.1) is 0 Å². The van der Waals surface area contributed by atoms with E-state index < -0.39 is 4.75 Å². The summed E-state index contributed by atoms with van der Waals surface area (Å²) in [5.74, 6) is -0.243. The molecule has 1 heterocycles. The van der Waals surface area contributed by atoms with E-state index in [1.807, 2.05) is 6.92 Å². The van der Waals surface area contributed by atoms with E-state index in [9.17, 15) is 4.39 Å². The predicted molar refractivity (Wildman–Crippen MR) is 56.2 cm³/mol. The van der Waals surface area contributed by atoms with Gasteiger partial charge in [0, 0.05) is 4.90 Å². The normalized spacial score (nSPS) is 17.9. The molecule has 0 radical (unpaired) electrons. The molecule has 1 fully saturated rings. The highest BCUT2D eigenvalue weighted by Crippen LogP contribution is 2.39. The highest BCUT2D eigenvalue weighted by atomic mass is 32.2. The van der Waals surface area contributed by atoms with Gasteiger partial charge in [-0.3, -0.25) is 0 Å². The molecule has 15 heavy (non-hydrogen) atoms. The van der Waals surface area contributed by atoms with Crippen molar-refractivity contribution < 1.29 is 9.13 Å². The lowest BCUT2D eigenvalue weighted by Gasteiger charge is -2.34. The first-order valence-corrected chi connectivity index (χ1v) is 5.41. The Morgan fingerprint density at radius 2 is 2.27 bits per heavy atom. The van der Waals surface area contributed by atoms with Gasteiger partial charge in [0.15, 0.2) is 4.75 Å². The zero-order valence-corrected chi connectivity index (χ0v) is 9.10. The summed E-state index contributed by atoms with van der Waals surface area (Å²) >= 11 is 1.46. The fourth-order valence-corrected chi connectivity index (χ4v) is 2.48. The predicted octanol–water partition coefficient (Wildman–Crippen LogP) is 2.52. The molecule has 1 saturated heterocycles. The van der Waals surface area contributed by atoms with Crippen molar-refractivity contribution in [1.82, 2.24) is 0 Å². The SMILES string of the molecule is Cc1cc(F)ccc1SC1(C#N)COC1. The molecule has 0 unspecified atom stereocenters. The first-order chi connectivity index (χ1) is 7.15. The Morgan fingerprint density at radius 1 is 1.53 bits per heavy atom. The molecule has 0 spiro atoms. The van der Waals surface area contributed by atoms with Gasteiger partial charge in [-0.05, 0) is 30.7 Å². The Bertz CT molecular complexity index is 423. The standard InChI is InChI=1S/C11H10FNOS/c1-8-4-9(12)2-3-10(8)15-11(5-13)6-14-7-11/h2-4H,6-7H2,1H3. The number of hydrogen-bond donors (Lipinski definition) is 0. The van der Waals surface area contributed by atoms with E-state index in [0.717, 1.165) is 10.5 Å². The lowest BCUT2D eigenvalue weighted by molar-refractivity contribution is 0.0161. The molecule has 1 aromatic rings. The van der Waals surface area contributed by atoms with Gasteiger partial charge in [-0.25, -0.2) is 4.39 Å². The van der Waals surface area contributed by atoms with Gasteiger partial charge >= 0.3 is 0 Å². The van der Waals surface area contributed by atoms with E-state index in [-0.39, 0.29) is 5.82 Å². The molecule has 0 saturated carbocycles. The summed E-state index contributed by atoms with van der Waals surface area (Å²) in [6.45, 7) is 2.74. The van der Waals surface area contributed by atoms with E-state index in [1.165, 1.54) is 23.9 Å². The fourth-order valence-electron chi connectivity index (χ4n) is 1.37. The summed E-state index contributed by atoms with van der Waals surface area (Å²) in [5, 5.41) is 9.02. The van der Waals surface area contributed by atoms with Crippen molar-refractivity contribution in [2.45, 2.75) is 16.6 Å². The molecule has 0 atom stereocenters. The first kappa shape index (κ1) is 10.5. The highest BCUT2D eigenvalue weighted by molar-refractivity contribution is 8.01. The van der Waals surface area contributed by atoms with Crippen LogP contribution < -0.4 is 0 Å². The molecule has 1 aromatic carbocycles. The van der Waals surface area contributed by atoms with Crippen LogP contribution >= 0.6 is 11.8 Å². The number of aryl methyl sites for hydroxylation is 1. The summed E-state index contributed by atoms with van der Waals surface area (Å²) in [6.07, 6.45) is 0. The Balaban J connectivity index is 2.21. The number of thioether (sulfide) groups is 1. The van der Waals surface area contributed by atoms with Crippen molar-refractivity contribution in [3.63, 3.8) is 0 Å². The lowest BCUT2D eigenvalue weighted by atomic mass is 10.1. The molecule has 0 N–H and O–H groups in total. The van der Waals surface area contributed by atoms with Gasteiger partial charge in [0.25, 0.3) is 0 Å². The smallest absolute Gasteiger partial charge is 0.153 e. The number of nitrogens with zero attached hydrogens (tertiary/aromatic N) is 1. The molecule has 0 bridgehead atoms. The quantitative estimate of drug-likeness (QED) is 0.772. The molecule has 1 aliphatic rings. The van der Waals surface area contributed by atoms with Crippen LogP contribution in [0.25, 0.3) is 0 Å². The summed E-state index contributed by atoms with van der Waals surface area (Å²) in [7, 11) is 0. The van der Waals surface area contributed by atoms with E-state index >= 15 is 0 Å². The zero-order valence-electron chi connectivity index (χ0n) is 8.29. The molecule has 0 amide bonds. The van der Waals surface area contributed by atoms with E-state index in [0.29, 0.717) is 13.2 Å². The number of benzene rings is 1. The van der Waals surface area contributed by atoms with Crippen LogP contribution in [0.15, 0.2) is 23.1 Å². The molecule has 78 valence electrons. The number of hydrogen-bond acceptors (Lipinski definition) is 3.